The first-order valence-corrected chi connectivity index (χ1v) is 0. The molecule has 0 aliphatic rings. The molecule has 0 aliphatic carbocycles. The van der Waals surface area contributed by atoms with Crippen LogP contribution in [0, 0.1) is 0 Å². The smallest absolute Gasteiger partial charge is 0 e. The van der Waals surface area contributed by atoms with E-state index in [2.05, 4.69) is 0 Å². The predicted octanol–water partition coefficient (Wildman–Crippen LogP) is 0.230. The first-order valence-electron chi connectivity index (χ1n) is 0. The second-order valence-corrected chi connectivity index (χ2v) is 0. The van der Waals surface area contributed by atoms with Gasteiger partial charge in [0.2, 0.25) is 0 Å². The first-order chi connectivity index (χ1) is 0. The van der Waals surface area contributed by atoms with Crippen molar-refractivity contribution in [3.63, 3.8) is 0 Å². The van der Waals surface area contributed by atoms with Crippen LogP contribution in [0.25, 0.3) is 0 Å². The third kappa shape index (κ3) is 21.5. The van der Waals surface area contributed by atoms with Gasteiger partial charge in [-0.15, -0.1) is 0 Å². The molecule has 0 N–H and O–H groups in total. The van der Waals surface area contributed by atoms with E-state index in [1.54, 1.807) is 0 Å². The fourth-order valence-corrected chi connectivity index (χ4v) is 0. The van der Waals surface area contributed by atoms with Gasteiger partial charge in [-0.25, -0.2) is 0 Å². The standard InChI is InChI=1S/4H3P.Pt/h4*1H3;. The molecule has 0 aliphatic heterocycles. The van der Waals surface area contributed by atoms with E-state index in [1.807, 2.05) is 0 Å². The van der Waals surface area contributed by atoms with Gasteiger partial charge in [0.25, 0.3) is 0 Å². The van der Waals surface area contributed by atoms with Crippen molar-refractivity contribution in [1.82, 2.24) is 0 Å². The summed E-state index contributed by atoms with van der Waals surface area (Å²) in [5.41, 5.74) is 0. The molecule has 5 heteroatoms. The minimum absolute atomic E-state index is 0. The fraction of sp³-hybridized carbons (Fsp3) is 0. The molecule has 4 atom stereocenters. The van der Waals surface area contributed by atoms with Crippen LogP contribution in [0.2, 0.25) is 0 Å². The molecule has 0 nitrogen and oxygen atoms in total. The third-order valence-corrected chi connectivity index (χ3v) is 0. The molecule has 0 aromatic heterocycles. The van der Waals surface area contributed by atoms with Crippen molar-refractivity contribution < 1.29 is 21.1 Å². The Bertz CT molecular complexity index is 3.61. The summed E-state index contributed by atoms with van der Waals surface area (Å²) in [6.45, 7) is 0. The van der Waals surface area contributed by atoms with Gasteiger partial charge < -0.3 is 0 Å². The van der Waals surface area contributed by atoms with E-state index < -0.39 is 0 Å². The maximum Gasteiger partial charge on any atom is 0 e. The Morgan fingerprint density at radius 1 is 0.400 bits per heavy atom. The van der Waals surface area contributed by atoms with E-state index in [0.29, 0.717) is 0 Å². The molecule has 0 aromatic carbocycles. The van der Waals surface area contributed by atoms with Gasteiger partial charge in [0.15, 0.2) is 0 Å². The normalized spacial score (nSPS) is 0. The zero-order valence-electron chi connectivity index (χ0n) is 3.14. The quantitative estimate of drug-likeness (QED) is 0.558. The van der Waals surface area contributed by atoms with Crippen molar-refractivity contribution >= 4 is 39.6 Å². The molecule has 0 amide bonds. The van der Waals surface area contributed by atoms with Gasteiger partial charge in [-0.2, -0.15) is 39.6 Å². The monoisotopic (exact) mass is 331 g/mol. The Hall–Kier alpha value is 2.41. The van der Waals surface area contributed by atoms with Gasteiger partial charge in [-0.3, -0.25) is 0 Å². The van der Waals surface area contributed by atoms with Gasteiger partial charge >= 0.3 is 0 Å². The van der Waals surface area contributed by atoms with Gasteiger partial charge in [0.05, 0.1) is 0 Å². The van der Waals surface area contributed by atoms with Gasteiger partial charge in [-0.1, -0.05) is 0 Å². The van der Waals surface area contributed by atoms with Crippen LogP contribution >= 0.6 is 39.6 Å². The average Bonchev–Trinajstić information content (AvgIpc) is 0. The van der Waals surface area contributed by atoms with E-state index in [1.165, 1.54) is 0 Å². The summed E-state index contributed by atoms with van der Waals surface area (Å²) < 4.78 is 0. The number of rotatable bonds is 0. The van der Waals surface area contributed by atoms with Crippen molar-refractivity contribution in [3.8, 4) is 0 Å². The van der Waals surface area contributed by atoms with Crippen LogP contribution in [0.4, 0.5) is 0 Å². The van der Waals surface area contributed by atoms with Crippen molar-refractivity contribution in [2.45, 2.75) is 0 Å². The van der Waals surface area contributed by atoms with E-state index >= 15 is 0 Å². The zero-order chi connectivity index (χ0) is 0. The Kier molecular flexibility index (Phi) is 339. The Morgan fingerprint density at radius 2 is 0.400 bits per heavy atom. The van der Waals surface area contributed by atoms with Gasteiger partial charge in [0.1, 0.15) is 0 Å². The van der Waals surface area contributed by atoms with E-state index in [9.17, 15) is 0 Å². The summed E-state index contributed by atoms with van der Waals surface area (Å²) in [5, 5.41) is 0. The second-order valence-electron chi connectivity index (χ2n) is 0. The molecule has 42 valence electrons. The summed E-state index contributed by atoms with van der Waals surface area (Å²) >= 11 is 0. The predicted molar refractivity (Wildman–Crippen MR) is 44.4 cm³/mol. The molecule has 0 bridgehead atoms. The first kappa shape index (κ1) is 52.5. The van der Waals surface area contributed by atoms with Crippen LogP contribution in [-0.4, -0.2) is 0 Å². The van der Waals surface area contributed by atoms with E-state index in [0.717, 1.165) is 0 Å². The Labute approximate surface area is 60.8 Å². The van der Waals surface area contributed by atoms with Crippen LogP contribution in [0.5, 0.6) is 0 Å². The van der Waals surface area contributed by atoms with Crippen LogP contribution in [0.1, 0.15) is 0 Å². The van der Waals surface area contributed by atoms with Crippen LogP contribution in [0.3, 0.4) is 0 Å². The third-order valence-electron chi connectivity index (χ3n) is 0. The van der Waals surface area contributed by atoms with Gasteiger partial charge in [0, 0.05) is 21.1 Å². The Morgan fingerprint density at radius 3 is 0.400 bits per heavy atom. The minimum atomic E-state index is 0. The van der Waals surface area contributed by atoms with Crippen LogP contribution in [0.15, 0.2) is 0 Å². The molecule has 4 unspecified atom stereocenters. The molecule has 0 radical (unpaired) electrons. The summed E-state index contributed by atoms with van der Waals surface area (Å²) in [6, 6.07) is 0. The largest absolute Gasteiger partial charge is 0.153 e. The van der Waals surface area contributed by atoms with Crippen molar-refractivity contribution in [2.75, 3.05) is 0 Å². The Balaban J connectivity index is 0. The summed E-state index contributed by atoms with van der Waals surface area (Å²) in [6.07, 6.45) is 0. The SMILES string of the molecule is P.P.P.P.[Pt]. The summed E-state index contributed by atoms with van der Waals surface area (Å²) in [7, 11) is 0. The topological polar surface area (TPSA) is 0 Å². The molecule has 0 spiro atoms. The van der Waals surface area contributed by atoms with Crippen LogP contribution < -0.4 is 0 Å². The molecular weight excluding hydrogens is 319 g/mol. The van der Waals surface area contributed by atoms with Crippen molar-refractivity contribution in [1.29, 1.82) is 0 Å². The van der Waals surface area contributed by atoms with E-state index in [4.69, 9.17) is 0 Å². The average molecular weight is 331 g/mol. The zero-order valence-corrected chi connectivity index (χ0v) is 11.1. The number of hydrogen-bond acceptors (Lipinski definition) is 0. The maximum absolute atomic E-state index is 0. The molecule has 0 saturated carbocycles. The minimum Gasteiger partial charge on any atom is -0.153 e. The van der Waals surface area contributed by atoms with Crippen molar-refractivity contribution in [3.05, 3.63) is 0 Å². The van der Waals surface area contributed by atoms with Crippen molar-refractivity contribution in [2.24, 2.45) is 0 Å². The van der Waals surface area contributed by atoms with E-state index in [-0.39, 0.29) is 60.7 Å². The summed E-state index contributed by atoms with van der Waals surface area (Å²) in [4.78, 5) is 0. The molecule has 0 rings (SSSR count). The second kappa shape index (κ2) is 32.3. The molecule has 0 aromatic rings. The number of hydrogen-bond donors (Lipinski definition) is 0. The molecular formula is H12P4Pt. The van der Waals surface area contributed by atoms with Gasteiger partial charge in [-0.05, 0) is 0 Å². The molecule has 0 heterocycles. The van der Waals surface area contributed by atoms with Crippen LogP contribution in [-0.2, 0) is 21.1 Å². The molecule has 0 saturated heterocycles. The molecule has 5 heavy (non-hydrogen) atoms. The summed E-state index contributed by atoms with van der Waals surface area (Å²) in [5.74, 6) is 0. The maximum atomic E-state index is 0. The fourth-order valence-electron chi connectivity index (χ4n) is 0. The molecule has 0 fully saturated rings.